The van der Waals surface area contributed by atoms with Crippen LogP contribution in [0.2, 0.25) is 0 Å². The van der Waals surface area contributed by atoms with E-state index in [-0.39, 0.29) is 29.7 Å². The molecule has 27 heavy (non-hydrogen) atoms. The quantitative estimate of drug-likeness (QED) is 0.739. The van der Waals surface area contributed by atoms with Crippen molar-refractivity contribution < 1.29 is 14.4 Å². The van der Waals surface area contributed by atoms with E-state index in [9.17, 15) is 14.4 Å². The molecule has 1 aromatic rings. The van der Waals surface area contributed by atoms with Crippen LogP contribution in [0.5, 0.6) is 0 Å². The van der Waals surface area contributed by atoms with Crippen molar-refractivity contribution in [2.45, 2.75) is 64.2 Å². The highest BCUT2D eigenvalue weighted by Gasteiger charge is 2.41. The highest BCUT2D eigenvalue weighted by atomic mass is 16.2. The average molecular weight is 372 g/mol. The van der Waals surface area contributed by atoms with Gasteiger partial charge in [0.1, 0.15) is 11.7 Å². The van der Waals surface area contributed by atoms with Gasteiger partial charge in [0.15, 0.2) is 0 Å². The summed E-state index contributed by atoms with van der Waals surface area (Å²) < 4.78 is 0. The molecule has 7 heteroatoms. The molecule has 1 fully saturated rings. The zero-order valence-electron chi connectivity index (χ0n) is 16.4. The number of likely N-dealkylation sites (tertiary alicyclic amines) is 1. The Morgan fingerprint density at radius 2 is 1.89 bits per heavy atom. The number of amides is 3. The summed E-state index contributed by atoms with van der Waals surface area (Å²) in [4.78, 5) is 39.3. The molecule has 2 atom stereocenters. The lowest BCUT2D eigenvalue weighted by Gasteiger charge is -2.40. The second-order valence-corrected chi connectivity index (χ2v) is 8.46. The molecule has 7 nitrogen and oxygen atoms in total. The highest BCUT2D eigenvalue weighted by molar-refractivity contribution is 6.02. The van der Waals surface area contributed by atoms with Gasteiger partial charge in [-0.1, -0.05) is 12.1 Å². The van der Waals surface area contributed by atoms with Gasteiger partial charge in [-0.2, -0.15) is 0 Å². The molecule has 2 aliphatic rings. The monoisotopic (exact) mass is 372 g/mol. The molecule has 2 aliphatic heterocycles. The van der Waals surface area contributed by atoms with Crippen molar-refractivity contribution in [3.05, 3.63) is 29.8 Å². The Morgan fingerprint density at radius 3 is 2.59 bits per heavy atom. The van der Waals surface area contributed by atoms with Gasteiger partial charge >= 0.3 is 0 Å². The Kier molecular flexibility index (Phi) is 4.88. The summed E-state index contributed by atoms with van der Waals surface area (Å²) in [5, 5.41) is 9.39. The van der Waals surface area contributed by atoms with E-state index in [2.05, 4.69) is 16.0 Å². The van der Waals surface area contributed by atoms with Gasteiger partial charge in [-0.25, -0.2) is 0 Å². The topological polar surface area (TPSA) is 90.5 Å². The van der Waals surface area contributed by atoms with Crippen molar-refractivity contribution in [1.82, 2.24) is 15.5 Å². The number of rotatable bonds is 2. The Hall–Kier alpha value is -2.57. The van der Waals surface area contributed by atoms with Crippen molar-refractivity contribution in [3.63, 3.8) is 0 Å². The standard InChI is InChI=1S/C20H28N4O3/c1-13(17(26)22-19(2,3)4)24-12-11-20(10-9-16(24)25)21-15-8-6-5-7-14(15)18(27)23-20/h5-8,13,21H,9-12H2,1-4H3,(H,22,26)(H,23,27)/t13-,20-/m1/s1. The van der Waals surface area contributed by atoms with E-state index in [1.54, 1.807) is 17.9 Å². The van der Waals surface area contributed by atoms with E-state index in [1.165, 1.54) is 0 Å². The van der Waals surface area contributed by atoms with Crippen molar-refractivity contribution in [1.29, 1.82) is 0 Å². The van der Waals surface area contributed by atoms with E-state index < -0.39 is 11.7 Å². The molecule has 2 heterocycles. The minimum absolute atomic E-state index is 0.0710. The van der Waals surface area contributed by atoms with Crippen LogP contribution in [-0.4, -0.2) is 46.4 Å². The normalized spacial score (nSPS) is 23.8. The molecule has 3 rings (SSSR count). The van der Waals surface area contributed by atoms with Gasteiger partial charge in [-0.05, 0) is 46.2 Å². The third-order valence-electron chi connectivity index (χ3n) is 5.11. The molecule has 3 amide bonds. The number of carbonyl (C=O) groups is 3. The minimum atomic E-state index is -0.671. The second-order valence-electron chi connectivity index (χ2n) is 8.46. The van der Waals surface area contributed by atoms with Crippen LogP contribution in [0.4, 0.5) is 5.69 Å². The van der Waals surface area contributed by atoms with E-state index in [0.29, 0.717) is 24.9 Å². The number of anilines is 1. The molecule has 146 valence electrons. The number of para-hydroxylation sites is 1. The van der Waals surface area contributed by atoms with Crippen LogP contribution in [0.25, 0.3) is 0 Å². The van der Waals surface area contributed by atoms with Crippen molar-refractivity contribution in [2.24, 2.45) is 0 Å². The molecule has 0 unspecified atom stereocenters. The zero-order chi connectivity index (χ0) is 19.8. The lowest BCUT2D eigenvalue weighted by atomic mass is 9.95. The molecule has 3 N–H and O–H groups in total. The van der Waals surface area contributed by atoms with E-state index in [4.69, 9.17) is 0 Å². The maximum Gasteiger partial charge on any atom is 0.255 e. The highest BCUT2D eigenvalue weighted by Crippen LogP contribution is 2.32. The summed E-state index contributed by atoms with van der Waals surface area (Å²) in [5.74, 6) is -0.375. The number of carbonyl (C=O) groups excluding carboxylic acids is 3. The SMILES string of the molecule is C[C@H](C(=O)NC(C)(C)C)N1CC[C@@]2(CCC1=O)NC(=O)c1ccccc1N2. The fourth-order valence-electron chi connectivity index (χ4n) is 3.66. The van der Waals surface area contributed by atoms with Gasteiger partial charge < -0.3 is 20.9 Å². The summed E-state index contributed by atoms with van der Waals surface area (Å²) in [5.41, 5.74) is 0.356. The molecule has 0 aliphatic carbocycles. The number of benzene rings is 1. The molecule has 1 spiro atoms. The van der Waals surface area contributed by atoms with Crippen molar-refractivity contribution in [3.8, 4) is 0 Å². The molecule has 0 bridgehead atoms. The largest absolute Gasteiger partial charge is 0.362 e. The van der Waals surface area contributed by atoms with Crippen LogP contribution < -0.4 is 16.0 Å². The summed E-state index contributed by atoms with van der Waals surface area (Å²) in [7, 11) is 0. The average Bonchev–Trinajstić information content (AvgIpc) is 2.73. The fraction of sp³-hybridized carbons (Fsp3) is 0.550. The van der Waals surface area contributed by atoms with E-state index >= 15 is 0 Å². The summed E-state index contributed by atoms with van der Waals surface area (Å²) in [6.45, 7) is 7.88. The van der Waals surface area contributed by atoms with Crippen LogP contribution >= 0.6 is 0 Å². The molecular weight excluding hydrogens is 344 g/mol. The Morgan fingerprint density at radius 1 is 1.19 bits per heavy atom. The van der Waals surface area contributed by atoms with Gasteiger partial charge in [0.25, 0.3) is 5.91 Å². The third kappa shape index (κ3) is 4.07. The number of nitrogens with zero attached hydrogens (tertiary/aromatic N) is 1. The van der Waals surface area contributed by atoms with Gasteiger partial charge in [0.2, 0.25) is 11.8 Å². The first-order valence-corrected chi connectivity index (χ1v) is 9.41. The summed E-state index contributed by atoms with van der Waals surface area (Å²) >= 11 is 0. The number of hydrogen-bond donors (Lipinski definition) is 3. The molecule has 0 aromatic heterocycles. The molecule has 1 aromatic carbocycles. The maximum absolute atomic E-state index is 12.7. The van der Waals surface area contributed by atoms with Crippen LogP contribution in [0, 0.1) is 0 Å². The Labute approximate surface area is 159 Å². The van der Waals surface area contributed by atoms with Crippen LogP contribution in [0.15, 0.2) is 24.3 Å². The molecule has 1 saturated heterocycles. The smallest absolute Gasteiger partial charge is 0.255 e. The molecule has 0 saturated carbocycles. The number of fused-ring (bicyclic) bond motifs is 1. The Balaban J connectivity index is 1.76. The summed E-state index contributed by atoms with van der Waals surface area (Å²) in [6, 6.07) is 6.80. The molecular formula is C20H28N4O3. The lowest BCUT2D eigenvalue weighted by Crippen LogP contribution is -2.58. The third-order valence-corrected chi connectivity index (χ3v) is 5.11. The lowest BCUT2D eigenvalue weighted by molar-refractivity contribution is -0.140. The van der Waals surface area contributed by atoms with Crippen LogP contribution in [0.3, 0.4) is 0 Å². The van der Waals surface area contributed by atoms with Crippen molar-refractivity contribution in [2.75, 3.05) is 11.9 Å². The number of hydrogen-bond acceptors (Lipinski definition) is 4. The van der Waals surface area contributed by atoms with Gasteiger partial charge in [0.05, 0.1) is 5.56 Å². The van der Waals surface area contributed by atoms with Gasteiger partial charge in [-0.15, -0.1) is 0 Å². The Bertz CT molecular complexity index is 771. The first-order chi connectivity index (χ1) is 12.6. The minimum Gasteiger partial charge on any atom is -0.362 e. The fourth-order valence-corrected chi connectivity index (χ4v) is 3.66. The maximum atomic E-state index is 12.7. The van der Waals surface area contributed by atoms with E-state index in [1.807, 2.05) is 39.0 Å². The van der Waals surface area contributed by atoms with E-state index in [0.717, 1.165) is 5.69 Å². The second kappa shape index (κ2) is 6.87. The first-order valence-electron chi connectivity index (χ1n) is 9.41. The van der Waals surface area contributed by atoms with Crippen LogP contribution in [-0.2, 0) is 9.59 Å². The zero-order valence-corrected chi connectivity index (χ0v) is 16.4. The van der Waals surface area contributed by atoms with Gasteiger partial charge in [-0.3, -0.25) is 14.4 Å². The van der Waals surface area contributed by atoms with Gasteiger partial charge in [0, 0.05) is 30.6 Å². The van der Waals surface area contributed by atoms with Crippen molar-refractivity contribution >= 4 is 23.4 Å². The van der Waals surface area contributed by atoms with Crippen LogP contribution in [0.1, 0.15) is 57.3 Å². The molecule has 0 radical (unpaired) electrons. The number of nitrogens with one attached hydrogen (secondary N) is 3. The first kappa shape index (κ1) is 19.2. The predicted molar refractivity (Wildman–Crippen MR) is 103 cm³/mol. The summed E-state index contributed by atoms with van der Waals surface area (Å²) in [6.07, 6.45) is 1.28. The predicted octanol–water partition coefficient (Wildman–Crippen LogP) is 1.85.